The Hall–Kier alpha value is -3.04. The first-order valence-corrected chi connectivity index (χ1v) is 10.3. The van der Waals surface area contributed by atoms with Gasteiger partial charge in [-0.2, -0.15) is 0 Å². The van der Waals surface area contributed by atoms with Crippen LogP contribution in [0.3, 0.4) is 0 Å². The molecule has 0 saturated heterocycles. The first-order valence-electron chi connectivity index (χ1n) is 9.92. The molecule has 30 heavy (non-hydrogen) atoms. The molecule has 0 radical (unpaired) electrons. The second kappa shape index (κ2) is 7.03. The first kappa shape index (κ1) is 19.0. The van der Waals surface area contributed by atoms with Gasteiger partial charge in [0.2, 0.25) is 0 Å². The zero-order chi connectivity index (χ0) is 21.0. The third-order valence-corrected chi connectivity index (χ3v) is 6.47. The fourth-order valence-electron chi connectivity index (χ4n) is 4.60. The topological polar surface area (TPSA) is 34.1 Å². The van der Waals surface area contributed by atoms with Gasteiger partial charge in [0.15, 0.2) is 11.6 Å². The van der Waals surface area contributed by atoms with E-state index in [1.165, 1.54) is 12.1 Å². The summed E-state index contributed by atoms with van der Waals surface area (Å²) in [6.07, 6.45) is 0.214. The number of carbonyl (C=O) groups is 2. The van der Waals surface area contributed by atoms with Crippen LogP contribution in [0.15, 0.2) is 66.7 Å². The number of Topliss-reactive ketones (excluding diaryl/α,β-unsaturated/α-hetero) is 2. The lowest BCUT2D eigenvalue weighted by Crippen LogP contribution is -2.35. The lowest BCUT2D eigenvalue weighted by Gasteiger charge is -2.28. The summed E-state index contributed by atoms with van der Waals surface area (Å²) < 4.78 is 13.5. The lowest BCUT2D eigenvalue weighted by atomic mass is 9.72. The SMILES string of the molecule is CC1C(=O)C(Cc2ccc(F)c(Cl)c2)C(=O)c2c1ccc1c2ccc2ccccc21. The average molecular weight is 417 g/mol. The minimum atomic E-state index is -0.800. The number of carbonyl (C=O) groups excluding carboxylic acids is 2. The monoisotopic (exact) mass is 416 g/mol. The highest BCUT2D eigenvalue weighted by molar-refractivity contribution is 6.30. The first-order chi connectivity index (χ1) is 14.5. The predicted molar refractivity (Wildman–Crippen MR) is 118 cm³/mol. The number of halogens is 2. The third kappa shape index (κ3) is 2.85. The minimum absolute atomic E-state index is 0.00595. The Kier molecular flexibility index (Phi) is 4.44. The maximum atomic E-state index is 13.6. The molecular formula is C26H18ClFO2. The average Bonchev–Trinajstić information content (AvgIpc) is 2.76. The van der Waals surface area contributed by atoms with Crippen molar-refractivity contribution in [3.05, 3.63) is 94.3 Å². The Balaban J connectivity index is 1.67. The van der Waals surface area contributed by atoms with E-state index in [2.05, 4.69) is 0 Å². The molecule has 0 aromatic heterocycles. The number of ketones is 2. The van der Waals surface area contributed by atoms with Crippen LogP contribution in [0.1, 0.15) is 34.3 Å². The molecule has 0 fully saturated rings. The molecule has 0 bridgehead atoms. The largest absolute Gasteiger partial charge is 0.298 e. The quantitative estimate of drug-likeness (QED) is 0.275. The fourth-order valence-corrected chi connectivity index (χ4v) is 4.80. The molecule has 4 aromatic rings. The highest BCUT2D eigenvalue weighted by Crippen LogP contribution is 2.39. The summed E-state index contributed by atoms with van der Waals surface area (Å²) in [6, 6.07) is 20.3. The van der Waals surface area contributed by atoms with E-state index in [-0.39, 0.29) is 28.9 Å². The Morgan fingerprint density at radius 1 is 0.900 bits per heavy atom. The van der Waals surface area contributed by atoms with Crippen molar-refractivity contribution in [3.8, 4) is 0 Å². The summed E-state index contributed by atoms with van der Waals surface area (Å²) in [4.78, 5) is 26.6. The van der Waals surface area contributed by atoms with Crippen LogP contribution in [0.5, 0.6) is 0 Å². The maximum Gasteiger partial charge on any atom is 0.174 e. The second-order valence-corrected chi connectivity index (χ2v) is 8.31. The lowest BCUT2D eigenvalue weighted by molar-refractivity contribution is -0.122. The van der Waals surface area contributed by atoms with Gasteiger partial charge in [-0.1, -0.05) is 73.1 Å². The molecule has 0 amide bonds. The van der Waals surface area contributed by atoms with Gasteiger partial charge in [0.25, 0.3) is 0 Å². The van der Waals surface area contributed by atoms with Gasteiger partial charge in [-0.25, -0.2) is 4.39 Å². The van der Waals surface area contributed by atoms with Gasteiger partial charge < -0.3 is 0 Å². The van der Waals surface area contributed by atoms with Crippen molar-refractivity contribution in [1.82, 2.24) is 0 Å². The van der Waals surface area contributed by atoms with Crippen molar-refractivity contribution >= 4 is 44.7 Å². The van der Waals surface area contributed by atoms with E-state index in [1.54, 1.807) is 6.07 Å². The summed E-state index contributed by atoms with van der Waals surface area (Å²) in [5, 5.41) is 4.06. The van der Waals surface area contributed by atoms with E-state index in [0.29, 0.717) is 11.1 Å². The van der Waals surface area contributed by atoms with E-state index in [4.69, 9.17) is 11.6 Å². The third-order valence-electron chi connectivity index (χ3n) is 6.18. The van der Waals surface area contributed by atoms with Gasteiger partial charge in [-0.15, -0.1) is 0 Å². The molecule has 2 nitrogen and oxygen atoms in total. The second-order valence-electron chi connectivity index (χ2n) is 7.91. The molecule has 0 heterocycles. The van der Waals surface area contributed by atoms with Gasteiger partial charge in [0.05, 0.1) is 10.9 Å². The van der Waals surface area contributed by atoms with Crippen molar-refractivity contribution in [1.29, 1.82) is 0 Å². The van der Waals surface area contributed by atoms with Gasteiger partial charge in [0.1, 0.15) is 5.82 Å². The zero-order valence-corrected chi connectivity index (χ0v) is 17.0. The molecule has 4 aromatic carbocycles. The van der Waals surface area contributed by atoms with E-state index >= 15 is 0 Å². The standard InChI is InChI=1S/C26H18ClFO2/c1-14-17-9-10-19-18-5-3-2-4-16(18)7-8-20(19)24(17)26(30)21(25(14)29)12-15-6-11-23(28)22(27)13-15/h2-11,13-14,21H,12H2,1H3. The summed E-state index contributed by atoms with van der Waals surface area (Å²) >= 11 is 5.90. The van der Waals surface area contributed by atoms with Crippen molar-refractivity contribution in [2.24, 2.45) is 5.92 Å². The molecule has 1 aliphatic carbocycles. The summed E-state index contributed by atoms with van der Waals surface area (Å²) in [5.41, 5.74) is 2.08. The van der Waals surface area contributed by atoms with E-state index < -0.39 is 11.7 Å². The Bertz CT molecular complexity index is 1360. The molecule has 4 heteroatoms. The van der Waals surface area contributed by atoms with E-state index in [0.717, 1.165) is 27.1 Å². The van der Waals surface area contributed by atoms with E-state index in [1.807, 2.05) is 55.5 Å². The molecule has 0 aliphatic heterocycles. The number of rotatable bonds is 2. The molecule has 0 saturated carbocycles. The van der Waals surface area contributed by atoms with Crippen LogP contribution in [0, 0.1) is 11.7 Å². The molecule has 2 atom stereocenters. The Morgan fingerprint density at radius 2 is 1.67 bits per heavy atom. The molecule has 2 unspecified atom stereocenters. The fraction of sp³-hybridized carbons (Fsp3) is 0.154. The van der Waals surface area contributed by atoms with Crippen molar-refractivity contribution in [2.75, 3.05) is 0 Å². The number of fused-ring (bicyclic) bond motifs is 5. The van der Waals surface area contributed by atoms with Crippen molar-refractivity contribution < 1.29 is 14.0 Å². The molecule has 5 rings (SSSR count). The van der Waals surface area contributed by atoms with E-state index in [9.17, 15) is 14.0 Å². The highest BCUT2D eigenvalue weighted by atomic mass is 35.5. The summed E-state index contributed by atoms with van der Waals surface area (Å²) in [6.45, 7) is 1.85. The molecule has 0 N–H and O–H groups in total. The zero-order valence-electron chi connectivity index (χ0n) is 16.3. The van der Waals surface area contributed by atoms with Gasteiger partial charge in [-0.3, -0.25) is 9.59 Å². The number of benzene rings is 4. The van der Waals surface area contributed by atoms with Gasteiger partial charge in [0, 0.05) is 11.5 Å². The van der Waals surface area contributed by atoms with Crippen LogP contribution in [-0.4, -0.2) is 11.6 Å². The van der Waals surface area contributed by atoms with Gasteiger partial charge in [-0.05, 0) is 51.2 Å². The molecular weight excluding hydrogens is 399 g/mol. The summed E-state index contributed by atoms with van der Waals surface area (Å²) in [7, 11) is 0. The van der Waals surface area contributed by atoms with Crippen LogP contribution in [0.25, 0.3) is 21.5 Å². The smallest absolute Gasteiger partial charge is 0.174 e. The van der Waals surface area contributed by atoms with Crippen LogP contribution in [0.2, 0.25) is 5.02 Å². The number of hydrogen-bond acceptors (Lipinski definition) is 2. The molecule has 1 aliphatic rings. The molecule has 0 spiro atoms. The van der Waals surface area contributed by atoms with Crippen LogP contribution in [-0.2, 0) is 11.2 Å². The predicted octanol–water partition coefficient (Wildman–Crippen LogP) is 6.51. The Labute approximate surface area is 178 Å². The minimum Gasteiger partial charge on any atom is -0.298 e. The summed E-state index contributed by atoms with van der Waals surface area (Å²) in [5.74, 6) is -1.97. The maximum absolute atomic E-state index is 13.6. The van der Waals surface area contributed by atoms with Crippen molar-refractivity contribution in [3.63, 3.8) is 0 Å². The van der Waals surface area contributed by atoms with Crippen LogP contribution in [0.4, 0.5) is 4.39 Å². The Morgan fingerprint density at radius 3 is 2.47 bits per heavy atom. The molecule has 148 valence electrons. The highest BCUT2D eigenvalue weighted by Gasteiger charge is 2.39. The number of hydrogen-bond donors (Lipinski definition) is 0. The van der Waals surface area contributed by atoms with Crippen molar-refractivity contribution in [2.45, 2.75) is 19.3 Å². The van der Waals surface area contributed by atoms with Crippen LogP contribution >= 0.6 is 11.6 Å². The normalized spacial score (nSPS) is 18.8. The van der Waals surface area contributed by atoms with Gasteiger partial charge >= 0.3 is 0 Å². The van der Waals surface area contributed by atoms with Crippen LogP contribution < -0.4 is 0 Å².